The maximum Gasteiger partial charge on any atom is 0.407 e. The molecule has 6 rings (SSSR count). The van der Waals surface area contributed by atoms with Gasteiger partial charge in [-0.05, 0) is 65.8 Å². The molecule has 2 saturated carbocycles. The molecular weight excluding hydrogens is 532 g/mol. The van der Waals surface area contributed by atoms with Crippen LogP contribution in [0.3, 0.4) is 0 Å². The lowest BCUT2D eigenvalue weighted by Gasteiger charge is -2.40. The third-order valence-electron chi connectivity index (χ3n) is 9.23. The molecule has 0 heterocycles. The van der Waals surface area contributed by atoms with Crippen molar-refractivity contribution in [2.45, 2.75) is 56.9 Å². The Balaban J connectivity index is 0.985. The molecule has 3 aliphatic rings. The number of carbonyl (C=O) groups is 3. The number of hydrogen-bond acceptors (Lipinski definition) is 5. The largest absolute Gasteiger partial charge is 0.480 e. The Morgan fingerprint density at radius 1 is 0.881 bits per heavy atom. The van der Waals surface area contributed by atoms with Crippen LogP contribution < -0.4 is 10.6 Å². The molecule has 0 aliphatic heterocycles. The van der Waals surface area contributed by atoms with E-state index in [1.54, 1.807) is 6.92 Å². The third-order valence-corrected chi connectivity index (χ3v) is 9.23. The number of ether oxygens (including phenoxy) is 2. The normalized spacial score (nSPS) is 23.5. The van der Waals surface area contributed by atoms with Gasteiger partial charge in [0.2, 0.25) is 5.91 Å². The van der Waals surface area contributed by atoms with Crippen LogP contribution in [-0.4, -0.2) is 47.9 Å². The van der Waals surface area contributed by atoms with Crippen LogP contribution in [0, 0.1) is 17.8 Å². The first-order chi connectivity index (χ1) is 20.4. The van der Waals surface area contributed by atoms with Gasteiger partial charge in [0.05, 0.1) is 12.7 Å². The zero-order valence-corrected chi connectivity index (χ0v) is 23.6. The van der Waals surface area contributed by atoms with Crippen LogP contribution in [0.2, 0.25) is 0 Å². The number of fused-ring (bicyclic) bond motifs is 4. The van der Waals surface area contributed by atoms with Gasteiger partial charge in [-0.3, -0.25) is 4.79 Å². The average Bonchev–Trinajstić information content (AvgIpc) is 3.51. The molecule has 3 aromatic carbocycles. The van der Waals surface area contributed by atoms with Crippen molar-refractivity contribution >= 4 is 18.0 Å². The standard InChI is InChI=1S/C34H36N2O6/c1-20(41-18-21-9-3-2-4-10-21)31(33(38)39)36-32(37)23-15-22-17-30(28(22)16-23)35-34(40)42-19-29-26-13-7-5-11-24(26)25-12-6-8-14-27(25)29/h2-14,20,22-23,28-31H,15-19H2,1H3,(H,35,40)(H,36,37)(H,38,39)/t20-,22-,23?,28-,30+,31+/m0/s1. The molecule has 2 fully saturated rings. The number of carbonyl (C=O) groups excluding carboxylic acids is 2. The van der Waals surface area contributed by atoms with E-state index in [4.69, 9.17) is 9.47 Å². The molecule has 3 N–H and O–H groups in total. The number of hydrogen-bond donors (Lipinski definition) is 3. The Morgan fingerprint density at radius 3 is 2.19 bits per heavy atom. The van der Waals surface area contributed by atoms with Crippen LogP contribution in [0.15, 0.2) is 78.9 Å². The topological polar surface area (TPSA) is 114 Å². The Kier molecular flexibility index (Phi) is 7.98. The summed E-state index contributed by atoms with van der Waals surface area (Å²) in [6.07, 6.45) is 0.940. The summed E-state index contributed by atoms with van der Waals surface area (Å²) in [5.41, 5.74) is 5.63. The van der Waals surface area contributed by atoms with Gasteiger partial charge < -0.3 is 25.2 Å². The zero-order valence-electron chi connectivity index (χ0n) is 23.6. The van der Waals surface area contributed by atoms with Gasteiger partial charge in [0, 0.05) is 17.9 Å². The highest BCUT2D eigenvalue weighted by molar-refractivity contribution is 5.85. The fourth-order valence-electron chi connectivity index (χ4n) is 6.95. The highest BCUT2D eigenvalue weighted by Gasteiger charge is 2.50. The quantitative estimate of drug-likeness (QED) is 0.313. The van der Waals surface area contributed by atoms with Gasteiger partial charge in [-0.2, -0.15) is 0 Å². The predicted molar refractivity (Wildman–Crippen MR) is 157 cm³/mol. The van der Waals surface area contributed by atoms with Gasteiger partial charge in [-0.15, -0.1) is 0 Å². The molecule has 0 aromatic heterocycles. The molecule has 8 heteroatoms. The smallest absolute Gasteiger partial charge is 0.407 e. The van der Waals surface area contributed by atoms with Crippen molar-refractivity contribution < 1.29 is 29.0 Å². The van der Waals surface area contributed by atoms with Crippen LogP contribution in [0.25, 0.3) is 11.1 Å². The zero-order chi connectivity index (χ0) is 29.2. The van der Waals surface area contributed by atoms with E-state index in [0.717, 1.165) is 12.0 Å². The van der Waals surface area contributed by atoms with Crippen LogP contribution in [-0.2, 0) is 25.7 Å². The Hall–Kier alpha value is -4.17. The van der Waals surface area contributed by atoms with Crippen LogP contribution in [0.1, 0.15) is 48.8 Å². The van der Waals surface area contributed by atoms with E-state index in [0.29, 0.717) is 18.8 Å². The van der Waals surface area contributed by atoms with E-state index >= 15 is 0 Å². The molecule has 3 aromatic rings. The first-order valence-corrected chi connectivity index (χ1v) is 14.7. The molecule has 0 bridgehead atoms. The first-order valence-electron chi connectivity index (χ1n) is 14.7. The van der Waals surface area contributed by atoms with Crippen molar-refractivity contribution in [1.29, 1.82) is 0 Å². The van der Waals surface area contributed by atoms with E-state index in [1.165, 1.54) is 22.3 Å². The SMILES string of the molecule is C[C@H](OCc1ccccc1)[C@@H](NC(=O)C1C[C@H]2C[C@@H](NC(=O)OCC3c4ccccc4-c4ccccc43)[C@H]2C1)C(=O)O. The Morgan fingerprint density at radius 2 is 1.52 bits per heavy atom. The monoisotopic (exact) mass is 568 g/mol. The van der Waals surface area contributed by atoms with Crippen molar-refractivity contribution in [2.75, 3.05) is 6.61 Å². The number of benzene rings is 3. The van der Waals surface area contributed by atoms with E-state index in [-0.39, 0.29) is 42.9 Å². The van der Waals surface area contributed by atoms with E-state index < -0.39 is 24.2 Å². The fourth-order valence-corrected chi connectivity index (χ4v) is 6.95. The average molecular weight is 569 g/mol. The second-order valence-electron chi connectivity index (χ2n) is 11.7. The second kappa shape index (κ2) is 12.0. The molecular formula is C34H36N2O6. The Bertz CT molecular complexity index is 1410. The lowest BCUT2D eigenvalue weighted by atomic mass is 9.71. The van der Waals surface area contributed by atoms with Gasteiger partial charge in [0.25, 0.3) is 0 Å². The van der Waals surface area contributed by atoms with Crippen molar-refractivity contribution in [3.05, 3.63) is 95.6 Å². The molecule has 3 aliphatic carbocycles. The van der Waals surface area contributed by atoms with Gasteiger partial charge in [0.15, 0.2) is 6.04 Å². The molecule has 8 nitrogen and oxygen atoms in total. The molecule has 0 saturated heterocycles. The van der Waals surface area contributed by atoms with Crippen LogP contribution >= 0.6 is 0 Å². The Labute approximate surface area is 245 Å². The van der Waals surface area contributed by atoms with Crippen molar-refractivity contribution in [2.24, 2.45) is 17.8 Å². The summed E-state index contributed by atoms with van der Waals surface area (Å²) in [6, 6.07) is 24.8. The number of amides is 2. The molecule has 218 valence electrons. The summed E-state index contributed by atoms with van der Waals surface area (Å²) in [5, 5.41) is 15.5. The molecule has 42 heavy (non-hydrogen) atoms. The van der Waals surface area contributed by atoms with E-state index in [1.807, 2.05) is 54.6 Å². The number of aliphatic carboxylic acids is 1. The predicted octanol–water partition coefficient (Wildman–Crippen LogP) is 5.11. The number of carboxylic acids is 1. The summed E-state index contributed by atoms with van der Waals surface area (Å²) in [4.78, 5) is 37.8. The van der Waals surface area contributed by atoms with Gasteiger partial charge in [-0.1, -0.05) is 78.9 Å². The third kappa shape index (κ3) is 5.63. The molecule has 0 spiro atoms. The first kappa shape index (κ1) is 28.0. The van der Waals surface area contributed by atoms with Crippen molar-refractivity contribution in [3.8, 4) is 11.1 Å². The molecule has 6 atom stereocenters. The van der Waals surface area contributed by atoms with Crippen LogP contribution in [0.4, 0.5) is 4.79 Å². The minimum absolute atomic E-state index is 0.00177. The fraction of sp³-hybridized carbons (Fsp3) is 0.382. The highest BCUT2D eigenvalue weighted by Crippen LogP contribution is 2.50. The second-order valence-corrected chi connectivity index (χ2v) is 11.7. The van der Waals surface area contributed by atoms with Gasteiger partial charge in [0.1, 0.15) is 6.61 Å². The molecule has 1 unspecified atom stereocenters. The summed E-state index contributed by atoms with van der Waals surface area (Å²) in [7, 11) is 0. The molecule has 2 amide bonds. The van der Waals surface area contributed by atoms with Crippen LogP contribution in [0.5, 0.6) is 0 Å². The summed E-state index contributed by atoms with van der Waals surface area (Å²) < 4.78 is 11.5. The summed E-state index contributed by atoms with van der Waals surface area (Å²) >= 11 is 0. The summed E-state index contributed by atoms with van der Waals surface area (Å²) in [6.45, 7) is 2.18. The lowest BCUT2D eigenvalue weighted by Crippen LogP contribution is -2.50. The van der Waals surface area contributed by atoms with Crippen molar-refractivity contribution in [1.82, 2.24) is 10.6 Å². The highest BCUT2D eigenvalue weighted by atomic mass is 16.5. The van der Waals surface area contributed by atoms with Crippen molar-refractivity contribution in [3.63, 3.8) is 0 Å². The number of carboxylic acid groups (broad SMARTS) is 1. The molecule has 0 radical (unpaired) electrons. The number of nitrogens with one attached hydrogen (secondary N) is 2. The minimum Gasteiger partial charge on any atom is -0.480 e. The van der Waals surface area contributed by atoms with Gasteiger partial charge >= 0.3 is 12.1 Å². The lowest BCUT2D eigenvalue weighted by molar-refractivity contribution is -0.147. The maximum absolute atomic E-state index is 13.1. The number of rotatable bonds is 10. The minimum atomic E-state index is -1.14. The van der Waals surface area contributed by atoms with E-state index in [2.05, 4.69) is 34.9 Å². The number of alkyl carbamates (subject to hydrolysis) is 1. The van der Waals surface area contributed by atoms with Gasteiger partial charge in [-0.25, -0.2) is 9.59 Å². The maximum atomic E-state index is 13.1. The van der Waals surface area contributed by atoms with E-state index in [9.17, 15) is 19.5 Å². The summed E-state index contributed by atoms with van der Waals surface area (Å²) in [5.74, 6) is -1.19.